The molecule has 2 N–H and O–H groups in total. The van der Waals surface area contributed by atoms with Gasteiger partial charge in [0, 0.05) is 23.1 Å². The van der Waals surface area contributed by atoms with Crippen LogP contribution < -0.4 is 5.32 Å². The van der Waals surface area contributed by atoms with Crippen LogP contribution in [0.2, 0.25) is 0 Å². The Morgan fingerprint density at radius 3 is 2.76 bits per heavy atom. The molecule has 2 aromatic carbocycles. The number of aromatic nitrogens is 2. The van der Waals surface area contributed by atoms with Gasteiger partial charge in [0.05, 0.1) is 11.0 Å². The lowest BCUT2D eigenvalue weighted by atomic mass is 10.2. The minimum atomic E-state index is 0.866. The number of hydrogen-bond donors (Lipinski definition) is 2. The first-order chi connectivity index (χ1) is 10.1. The third-order valence-electron chi connectivity index (χ3n) is 3.61. The van der Waals surface area contributed by atoms with E-state index >= 15 is 0 Å². The lowest BCUT2D eigenvalue weighted by molar-refractivity contribution is 0.933. The number of para-hydroxylation sites is 1. The van der Waals surface area contributed by atoms with E-state index in [1.165, 1.54) is 16.8 Å². The van der Waals surface area contributed by atoms with E-state index in [0.29, 0.717) is 0 Å². The zero-order valence-corrected chi connectivity index (χ0v) is 13.8. The number of benzene rings is 2. The van der Waals surface area contributed by atoms with Gasteiger partial charge < -0.3 is 10.3 Å². The number of aryl methyl sites for hydroxylation is 2. The summed E-state index contributed by atoms with van der Waals surface area (Å²) < 4.78 is 1.08. The fraction of sp³-hybridized carbons (Fsp3) is 0.235. The molecule has 0 aliphatic carbocycles. The van der Waals surface area contributed by atoms with E-state index in [2.05, 4.69) is 76.5 Å². The normalized spacial score (nSPS) is 11.0. The summed E-state index contributed by atoms with van der Waals surface area (Å²) in [5, 5.41) is 3.46. The number of halogens is 1. The quantitative estimate of drug-likeness (QED) is 0.726. The van der Waals surface area contributed by atoms with Crippen molar-refractivity contribution in [1.82, 2.24) is 9.97 Å². The van der Waals surface area contributed by atoms with E-state index < -0.39 is 0 Å². The lowest BCUT2D eigenvalue weighted by Gasteiger charge is -2.07. The number of hydrogen-bond acceptors (Lipinski definition) is 2. The van der Waals surface area contributed by atoms with Gasteiger partial charge in [0.1, 0.15) is 5.82 Å². The molecule has 108 valence electrons. The Balaban J connectivity index is 1.71. The van der Waals surface area contributed by atoms with Crippen LogP contribution in [0.4, 0.5) is 5.69 Å². The van der Waals surface area contributed by atoms with Crippen LogP contribution in [0.25, 0.3) is 11.0 Å². The summed E-state index contributed by atoms with van der Waals surface area (Å²) in [6.07, 6.45) is 0.875. The SMILES string of the molecule is Cc1ccccc1NCCc1nc2c(C)cc(Br)cc2[nH]1. The van der Waals surface area contributed by atoms with E-state index in [0.717, 1.165) is 34.3 Å². The number of nitrogens with one attached hydrogen (secondary N) is 2. The lowest BCUT2D eigenvalue weighted by Crippen LogP contribution is -2.06. The Labute approximate surface area is 132 Å². The minimum Gasteiger partial charge on any atom is -0.384 e. The first-order valence-electron chi connectivity index (χ1n) is 7.08. The summed E-state index contributed by atoms with van der Waals surface area (Å²) in [5.41, 5.74) is 5.79. The predicted molar refractivity (Wildman–Crippen MR) is 91.9 cm³/mol. The molecule has 0 radical (unpaired) electrons. The summed E-state index contributed by atoms with van der Waals surface area (Å²) in [7, 11) is 0. The molecule has 0 aliphatic heterocycles. The van der Waals surface area contributed by atoms with Gasteiger partial charge in [0.25, 0.3) is 0 Å². The molecule has 0 aliphatic rings. The van der Waals surface area contributed by atoms with Crippen molar-refractivity contribution in [2.24, 2.45) is 0 Å². The molecule has 0 spiro atoms. The van der Waals surface area contributed by atoms with Crippen molar-refractivity contribution in [1.29, 1.82) is 0 Å². The number of anilines is 1. The maximum absolute atomic E-state index is 4.69. The van der Waals surface area contributed by atoms with Crippen molar-refractivity contribution < 1.29 is 0 Å². The Hall–Kier alpha value is -1.81. The Morgan fingerprint density at radius 2 is 1.95 bits per heavy atom. The highest BCUT2D eigenvalue weighted by molar-refractivity contribution is 9.10. The van der Waals surface area contributed by atoms with Crippen LogP contribution in [0.5, 0.6) is 0 Å². The molecular formula is C17H18BrN3. The highest BCUT2D eigenvalue weighted by atomic mass is 79.9. The van der Waals surface area contributed by atoms with Gasteiger partial charge in [0.15, 0.2) is 0 Å². The van der Waals surface area contributed by atoms with Crippen LogP contribution in [0.15, 0.2) is 40.9 Å². The van der Waals surface area contributed by atoms with Gasteiger partial charge >= 0.3 is 0 Å². The van der Waals surface area contributed by atoms with Gasteiger partial charge in [-0.2, -0.15) is 0 Å². The van der Waals surface area contributed by atoms with Gasteiger partial charge in [-0.1, -0.05) is 34.1 Å². The average molecular weight is 344 g/mol. The van der Waals surface area contributed by atoms with Gasteiger partial charge in [-0.3, -0.25) is 0 Å². The van der Waals surface area contributed by atoms with Crippen LogP contribution >= 0.6 is 15.9 Å². The van der Waals surface area contributed by atoms with Crippen LogP contribution in [-0.2, 0) is 6.42 Å². The zero-order valence-electron chi connectivity index (χ0n) is 12.2. The Kier molecular flexibility index (Phi) is 3.97. The van der Waals surface area contributed by atoms with Crippen molar-refractivity contribution >= 4 is 32.7 Å². The molecule has 3 rings (SSSR count). The molecule has 0 fully saturated rings. The fourth-order valence-electron chi connectivity index (χ4n) is 2.50. The van der Waals surface area contributed by atoms with Crippen molar-refractivity contribution in [3.63, 3.8) is 0 Å². The summed E-state index contributed by atoms with van der Waals surface area (Å²) >= 11 is 3.52. The molecule has 21 heavy (non-hydrogen) atoms. The van der Waals surface area contributed by atoms with Gasteiger partial charge in [0.2, 0.25) is 0 Å². The molecule has 0 bridgehead atoms. The second-order valence-electron chi connectivity index (χ2n) is 5.29. The summed E-state index contributed by atoms with van der Waals surface area (Å²) in [6.45, 7) is 5.07. The van der Waals surface area contributed by atoms with Crippen LogP contribution in [0.3, 0.4) is 0 Å². The maximum atomic E-state index is 4.69. The minimum absolute atomic E-state index is 0.866. The number of imidazole rings is 1. The van der Waals surface area contributed by atoms with Gasteiger partial charge in [-0.15, -0.1) is 0 Å². The van der Waals surface area contributed by atoms with Crippen molar-refractivity contribution in [3.8, 4) is 0 Å². The number of H-pyrrole nitrogens is 1. The standard InChI is InChI=1S/C17H18BrN3/c1-11-5-3-4-6-14(11)19-8-7-16-20-15-10-13(18)9-12(2)17(15)21-16/h3-6,9-10,19H,7-8H2,1-2H3,(H,20,21). The zero-order chi connectivity index (χ0) is 14.8. The van der Waals surface area contributed by atoms with Crippen LogP contribution in [-0.4, -0.2) is 16.5 Å². The molecule has 0 saturated heterocycles. The van der Waals surface area contributed by atoms with Crippen LogP contribution in [0.1, 0.15) is 17.0 Å². The number of rotatable bonds is 4. The largest absolute Gasteiger partial charge is 0.384 e. The Morgan fingerprint density at radius 1 is 1.14 bits per heavy atom. The Bertz CT molecular complexity index is 777. The molecule has 4 heteroatoms. The molecule has 0 saturated carbocycles. The summed E-state index contributed by atoms with van der Waals surface area (Å²) in [4.78, 5) is 8.09. The molecule has 1 aromatic heterocycles. The predicted octanol–water partition coefficient (Wildman–Crippen LogP) is 4.60. The second-order valence-corrected chi connectivity index (χ2v) is 6.21. The molecular weight excluding hydrogens is 326 g/mol. The highest BCUT2D eigenvalue weighted by Crippen LogP contribution is 2.22. The average Bonchev–Trinajstić information content (AvgIpc) is 2.84. The van der Waals surface area contributed by atoms with E-state index in [9.17, 15) is 0 Å². The van der Waals surface area contributed by atoms with E-state index in [4.69, 9.17) is 4.98 Å². The van der Waals surface area contributed by atoms with Crippen molar-refractivity contribution in [3.05, 3.63) is 57.8 Å². The first-order valence-corrected chi connectivity index (χ1v) is 7.87. The molecule has 0 amide bonds. The van der Waals surface area contributed by atoms with Gasteiger partial charge in [-0.25, -0.2) is 4.98 Å². The maximum Gasteiger partial charge on any atom is 0.109 e. The fourth-order valence-corrected chi connectivity index (χ4v) is 3.08. The summed E-state index contributed by atoms with van der Waals surface area (Å²) in [6, 6.07) is 12.5. The molecule has 3 nitrogen and oxygen atoms in total. The van der Waals surface area contributed by atoms with Gasteiger partial charge in [-0.05, 0) is 43.2 Å². The second kappa shape index (κ2) is 5.90. The number of aromatic amines is 1. The molecule has 1 heterocycles. The molecule has 0 atom stereocenters. The smallest absolute Gasteiger partial charge is 0.109 e. The third-order valence-corrected chi connectivity index (χ3v) is 4.07. The number of nitrogens with zero attached hydrogens (tertiary/aromatic N) is 1. The van der Waals surface area contributed by atoms with E-state index in [1.54, 1.807) is 0 Å². The van der Waals surface area contributed by atoms with E-state index in [-0.39, 0.29) is 0 Å². The topological polar surface area (TPSA) is 40.7 Å². The third kappa shape index (κ3) is 3.10. The van der Waals surface area contributed by atoms with Crippen molar-refractivity contribution in [2.75, 3.05) is 11.9 Å². The van der Waals surface area contributed by atoms with E-state index in [1.807, 2.05) is 0 Å². The molecule has 3 aromatic rings. The molecule has 0 unspecified atom stereocenters. The number of fused-ring (bicyclic) bond motifs is 1. The first kappa shape index (κ1) is 14.1. The van der Waals surface area contributed by atoms with Crippen molar-refractivity contribution in [2.45, 2.75) is 20.3 Å². The monoisotopic (exact) mass is 343 g/mol. The van der Waals surface area contributed by atoms with Crippen LogP contribution in [0, 0.1) is 13.8 Å². The summed E-state index contributed by atoms with van der Waals surface area (Å²) in [5.74, 6) is 1.02. The highest BCUT2D eigenvalue weighted by Gasteiger charge is 2.06.